The van der Waals surface area contributed by atoms with Crippen LogP contribution in [0.2, 0.25) is 0 Å². The zero-order valence-electron chi connectivity index (χ0n) is 61.5. The number of fused-ring (bicyclic) bond motifs is 10. The second-order valence-electron chi connectivity index (χ2n) is 29.7. The van der Waals surface area contributed by atoms with E-state index in [1.807, 2.05) is 85.2 Å². The second-order valence-corrected chi connectivity index (χ2v) is 29.7. The van der Waals surface area contributed by atoms with Crippen LogP contribution >= 0.6 is 0 Å². The van der Waals surface area contributed by atoms with E-state index in [0.29, 0.717) is 11.6 Å². The van der Waals surface area contributed by atoms with Crippen LogP contribution in [0.4, 0.5) is 0 Å². The van der Waals surface area contributed by atoms with Crippen LogP contribution < -0.4 is 0 Å². The number of pyridine rings is 2. The number of nitrogens with zero attached hydrogens (tertiary/aromatic N) is 6. The van der Waals surface area contributed by atoms with Gasteiger partial charge in [0.05, 0.1) is 34.2 Å². The molecule has 2 aliphatic carbocycles. The molecule has 110 heavy (non-hydrogen) atoms. The fraction of sp³-hybridized carbons (Fsp3) is 0.0577. The molecule has 0 radical (unpaired) electrons. The first-order valence-corrected chi connectivity index (χ1v) is 37.7. The zero-order chi connectivity index (χ0) is 73.9. The Morgan fingerprint density at radius 1 is 0.209 bits per heavy atom. The maximum Gasteiger partial charge on any atom is 0.160 e. The smallest absolute Gasteiger partial charge is 0.160 e. The van der Waals surface area contributed by atoms with E-state index in [0.717, 1.165) is 101 Å². The lowest BCUT2D eigenvalue weighted by Gasteiger charge is -2.23. The third-order valence-electron chi connectivity index (χ3n) is 22.3. The van der Waals surface area contributed by atoms with Gasteiger partial charge in [-0.2, -0.15) is 0 Å². The number of benzene rings is 14. The highest BCUT2D eigenvalue weighted by Gasteiger charge is 2.40. The van der Waals surface area contributed by atoms with Crippen molar-refractivity contribution in [2.24, 2.45) is 0 Å². The van der Waals surface area contributed by atoms with Crippen LogP contribution in [0.5, 0.6) is 0 Å². The van der Waals surface area contributed by atoms with E-state index in [-0.39, 0.29) is 10.8 Å². The molecule has 0 spiro atoms. The van der Waals surface area contributed by atoms with Crippen molar-refractivity contribution in [2.75, 3.05) is 0 Å². The van der Waals surface area contributed by atoms with Crippen molar-refractivity contribution in [3.05, 3.63) is 399 Å². The van der Waals surface area contributed by atoms with Gasteiger partial charge in [-0.05, 0) is 171 Å². The SMILES string of the molecule is CC1(C)c2cccc(-c3cccc(-c4cccc(-c5cc(-c6ccc(-c7ccccc7)nc6)nc(-c6ccccc6)n5)c4)c3)c2-c2c1ccc1ccccc21.CC1(C)c2cccc(-c3cccc(-c4cccc(-c5cc(-c6ccc(-c7ccccn7)cc6)nc(-c6ccccc6)n5)c4)c3)c2-c2ccc3ccccc3c21. The third kappa shape index (κ3) is 12.2. The molecule has 0 unspecified atom stereocenters. The van der Waals surface area contributed by atoms with Gasteiger partial charge in [-0.15, -0.1) is 0 Å². The van der Waals surface area contributed by atoms with Gasteiger partial charge in [0.2, 0.25) is 0 Å². The van der Waals surface area contributed by atoms with Crippen LogP contribution in [0.25, 0.3) is 179 Å². The average molecular weight is 1410 g/mol. The monoisotopic (exact) mass is 1410 g/mol. The Morgan fingerprint density at radius 2 is 0.600 bits per heavy atom. The van der Waals surface area contributed by atoms with Crippen molar-refractivity contribution in [1.29, 1.82) is 0 Å². The lowest BCUT2D eigenvalue weighted by atomic mass is 9.80. The quantitative estimate of drug-likeness (QED) is 0.121. The minimum Gasteiger partial charge on any atom is -0.256 e. The number of aromatic nitrogens is 6. The van der Waals surface area contributed by atoms with E-state index in [1.165, 1.54) is 88.3 Å². The summed E-state index contributed by atoms with van der Waals surface area (Å²) in [5.74, 6) is 1.38. The van der Waals surface area contributed by atoms with Gasteiger partial charge in [-0.3, -0.25) is 9.97 Å². The summed E-state index contributed by atoms with van der Waals surface area (Å²) in [5.41, 5.74) is 33.7. The summed E-state index contributed by atoms with van der Waals surface area (Å²) in [4.78, 5) is 29.7. The standard InChI is InChI=1S/2C52H37N3/c1-52(2)44-25-13-24-43(50(44)49-42-23-10-9-14-34(42)26-28-45(49)52)39-21-11-19-37(30-39)38-20-12-22-40(31-38)47-32-48(55-51(54-47)36-17-7-4-8-18-36)41-27-29-46(53-33-41)35-15-5-3-6-16-35;1-52(2)45-22-12-21-42(49(45)44-29-28-34-13-6-7-20-43(34)50(44)52)40-18-10-16-38(31-40)39-17-11-19-41(32-39)48-33-47(54-51(55-48)37-14-4-3-5-15-37)36-26-24-35(25-27-36)46-23-8-9-30-53-46/h2*3-33H,1-2H3. The first-order valence-electron chi connectivity index (χ1n) is 37.7. The van der Waals surface area contributed by atoms with Gasteiger partial charge < -0.3 is 0 Å². The van der Waals surface area contributed by atoms with E-state index >= 15 is 0 Å². The molecule has 0 saturated carbocycles. The maximum atomic E-state index is 5.14. The fourth-order valence-electron chi connectivity index (χ4n) is 16.7. The molecule has 520 valence electrons. The zero-order valence-corrected chi connectivity index (χ0v) is 61.5. The van der Waals surface area contributed by atoms with Crippen molar-refractivity contribution in [3.63, 3.8) is 0 Å². The summed E-state index contributed by atoms with van der Waals surface area (Å²) in [6.07, 6.45) is 3.74. The van der Waals surface area contributed by atoms with Crippen molar-refractivity contribution < 1.29 is 0 Å². The van der Waals surface area contributed by atoms with Gasteiger partial charge in [0.15, 0.2) is 11.6 Å². The molecule has 14 aromatic carbocycles. The molecule has 0 aliphatic heterocycles. The largest absolute Gasteiger partial charge is 0.256 e. The molecule has 20 rings (SSSR count). The molecule has 2 aliphatic rings. The lowest BCUT2D eigenvalue weighted by Crippen LogP contribution is -2.15. The van der Waals surface area contributed by atoms with Crippen molar-refractivity contribution in [3.8, 4) is 157 Å². The Morgan fingerprint density at radius 3 is 1.15 bits per heavy atom. The highest BCUT2D eigenvalue weighted by Crippen LogP contribution is 2.56. The van der Waals surface area contributed by atoms with E-state index in [9.17, 15) is 0 Å². The van der Waals surface area contributed by atoms with Crippen LogP contribution in [-0.2, 0) is 10.8 Å². The van der Waals surface area contributed by atoms with Crippen molar-refractivity contribution in [1.82, 2.24) is 29.9 Å². The Balaban J connectivity index is 0.000000149. The second kappa shape index (κ2) is 27.8. The first-order chi connectivity index (χ1) is 54.0. The summed E-state index contributed by atoms with van der Waals surface area (Å²) in [6.45, 7) is 9.45. The first kappa shape index (κ1) is 66.7. The normalized spacial score (nSPS) is 12.7. The van der Waals surface area contributed by atoms with Crippen molar-refractivity contribution in [2.45, 2.75) is 38.5 Å². The van der Waals surface area contributed by atoms with Gasteiger partial charge >= 0.3 is 0 Å². The molecule has 0 fully saturated rings. The van der Waals surface area contributed by atoms with Crippen LogP contribution in [-0.4, -0.2) is 29.9 Å². The van der Waals surface area contributed by atoms with Crippen LogP contribution in [0.15, 0.2) is 376 Å². The molecule has 4 heterocycles. The van der Waals surface area contributed by atoms with E-state index in [1.54, 1.807) is 0 Å². The van der Waals surface area contributed by atoms with Crippen LogP contribution in [0.3, 0.4) is 0 Å². The highest BCUT2D eigenvalue weighted by atomic mass is 14.9. The van der Waals surface area contributed by atoms with Crippen LogP contribution in [0, 0.1) is 0 Å². The molecule has 6 nitrogen and oxygen atoms in total. The summed E-state index contributed by atoms with van der Waals surface area (Å²) in [6, 6.07) is 129. The maximum absolute atomic E-state index is 5.14. The molecular weight excluding hydrogens is 1330 g/mol. The number of hydrogen-bond acceptors (Lipinski definition) is 6. The average Bonchev–Trinajstić information content (AvgIpc) is 1.56. The molecule has 18 aromatic rings. The van der Waals surface area contributed by atoms with Crippen LogP contribution in [0.1, 0.15) is 49.9 Å². The van der Waals surface area contributed by atoms with E-state index in [2.05, 4.69) is 324 Å². The predicted molar refractivity (Wildman–Crippen MR) is 455 cm³/mol. The summed E-state index contributed by atoms with van der Waals surface area (Å²) in [5, 5.41) is 5.21. The minimum atomic E-state index is -0.108. The molecule has 0 bridgehead atoms. The van der Waals surface area contributed by atoms with Gasteiger partial charge in [0, 0.05) is 67.7 Å². The Hall–Kier alpha value is -13.9. The molecule has 0 N–H and O–H groups in total. The number of hydrogen-bond donors (Lipinski definition) is 0. The lowest BCUT2D eigenvalue weighted by molar-refractivity contribution is 0.661. The van der Waals surface area contributed by atoms with Gasteiger partial charge in [-0.1, -0.05) is 331 Å². The molecule has 0 saturated heterocycles. The fourth-order valence-corrected chi connectivity index (χ4v) is 16.7. The molecule has 6 heteroatoms. The summed E-state index contributed by atoms with van der Waals surface area (Å²) in [7, 11) is 0. The molecular formula is C104H74N6. The molecule has 0 atom stereocenters. The summed E-state index contributed by atoms with van der Waals surface area (Å²) >= 11 is 0. The number of rotatable bonds is 12. The molecule has 0 amide bonds. The van der Waals surface area contributed by atoms with E-state index < -0.39 is 0 Å². The molecule has 4 aromatic heterocycles. The Labute approximate surface area is 641 Å². The predicted octanol–water partition coefficient (Wildman–Crippen LogP) is 26.7. The van der Waals surface area contributed by atoms with Gasteiger partial charge in [0.25, 0.3) is 0 Å². The Kier molecular flexibility index (Phi) is 16.8. The topological polar surface area (TPSA) is 77.3 Å². The Bertz CT molecular complexity index is 6550. The summed E-state index contributed by atoms with van der Waals surface area (Å²) < 4.78 is 0. The minimum absolute atomic E-state index is 0.0916. The van der Waals surface area contributed by atoms with Crippen molar-refractivity contribution >= 4 is 21.5 Å². The van der Waals surface area contributed by atoms with Gasteiger partial charge in [-0.25, -0.2) is 19.9 Å². The highest BCUT2D eigenvalue weighted by molar-refractivity contribution is 6.07. The van der Waals surface area contributed by atoms with Gasteiger partial charge in [0.1, 0.15) is 0 Å². The van der Waals surface area contributed by atoms with E-state index in [4.69, 9.17) is 24.9 Å². The third-order valence-corrected chi connectivity index (χ3v) is 22.3.